The van der Waals surface area contributed by atoms with Gasteiger partial charge in [0.15, 0.2) is 0 Å². The van der Waals surface area contributed by atoms with E-state index in [0.717, 1.165) is 12.5 Å². The highest BCUT2D eigenvalue weighted by Crippen LogP contribution is 2.70. The summed E-state index contributed by atoms with van der Waals surface area (Å²) in [5, 5.41) is 6.98. The minimum atomic E-state index is 0.597. The molecule has 0 aliphatic heterocycles. The molecule has 3 atom stereocenters. The van der Waals surface area contributed by atoms with Crippen molar-refractivity contribution in [2.75, 3.05) is 20.1 Å². The van der Waals surface area contributed by atoms with Crippen LogP contribution in [0.4, 0.5) is 0 Å². The zero-order valence-corrected chi connectivity index (χ0v) is 14.0. The lowest BCUT2D eigenvalue weighted by atomic mass is 9.40. The molecule has 2 N–H and O–H groups in total. The first-order valence-electron chi connectivity index (χ1n) is 8.74. The Morgan fingerprint density at radius 2 is 1.70 bits per heavy atom. The van der Waals surface area contributed by atoms with Gasteiger partial charge in [-0.05, 0) is 87.6 Å². The highest BCUT2D eigenvalue weighted by molar-refractivity contribution is 5.10. The predicted octanol–water partition coefficient (Wildman–Crippen LogP) is 3.57. The third-order valence-corrected chi connectivity index (χ3v) is 6.40. The van der Waals surface area contributed by atoms with Crippen LogP contribution in [-0.2, 0) is 0 Å². The van der Waals surface area contributed by atoms with Gasteiger partial charge < -0.3 is 10.6 Å². The van der Waals surface area contributed by atoms with Crippen LogP contribution in [0.25, 0.3) is 0 Å². The van der Waals surface area contributed by atoms with Crippen LogP contribution in [0.2, 0.25) is 0 Å². The van der Waals surface area contributed by atoms with Gasteiger partial charge in [0, 0.05) is 12.6 Å². The van der Waals surface area contributed by atoms with Crippen molar-refractivity contribution in [1.82, 2.24) is 10.6 Å². The standard InChI is InChI=1S/C18H34N2/c1-14(10-19-4)20-6-5-18-9-15-7-16(2,12-18)11-17(3,8-15)13-18/h14-15,19-20H,5-13H2,1-4H3. The Morgan fingerprint density at radius 3 is 2.25 bits per heavy atom. The normalized spacial score (nSPS) is 47.7. The highest BCUT2D eigenvalue weighted by atomic mass is 15.0. The van der Waals surface area contributed by atoms with Crippen LogP contribution in [0, 0.1) is 22.2 Å². The van der Waals surface area contributed by atoms with E-state index in [1.165, 1.54) is 51.5 Å². The van der Waals surface area contributed by atoms with E-state index < -0.39 is 0 Å². The molecule has 4 fully saturated rings. The van der Waals surface area contributed by atoms with Gasteiger partial charge in [-0.3, -0.25) is 0 Å². The van der Waals surface area contributed by atoms with Gasteiger partial charge in [0.1, 0.15) is 0 Å². The molecule has 4 aliphatic carbocycles. The molecule has 0 saturated heterocycles. The first kappa shape index (κ1) is 14.8. The molecule has 2 heteroatoms. The Morgan fingerprint density at radius 1 is 1.05 bits per heavy atom. The smallest absolute Gasteiger partial charge is 0.0164 e. The highest BCUT2D eigenvalue weighted by Gasteiger charge is 2.59. The maximum atomic E-state index is 3.72. The predicted molar refractivity (Wildman–Crippen MR) is 85.8 cm³/mol. The summed E-state index contributed by atoms with van der Waals surface area (Å²) in [7, 11) is 2.04. The minimum Gasteiger partial charge on any atom is -0.318 e. The summed E-state index contributed by atoms with van der Waals surface area (Å²) in [5.74, 6) is 1.04. The maximum absolute atomic E-state index is 3.72. The lowest BCUT2D eigenvalue weighted by molar-refractivity contribution is -0.147. The molecule has 0 aromatic heterocycles. The summed E-state index contributed by atoms with van der Waals surface area (Å²) in [6, 6.07) is 0.597. The van der Waals surface area contributed by atoms with Crippen molar-refractivity contribution in [2.45, 2.75) is 71.8 Å². The molecule has 4 bridgehead atoms. The third-order valence-electron chi connectivity index (χ3n) is 6.40. The Hall–Kier alpha value is -0.0800. The molecule has 2 nitrogen and oxygen atoms in total. The number of nitrogens with one attached hydrogen (secondary N) is 2. The van der Waals surface area contributed by atoms with E-state index in [-0.39, 0.29) is 0 Å². The lowest BCUT2D eigenvalue weighted by Gasteiger charge is -2.65. The fraction of sp³-hybridized carbons (Fsp3) is 1.00. The van der Waals surface area contributed by atoms with Crippen molar-refractivity contribution in [3.05, 3.63) is 0 Å². The Balaban J connectivity index is 1.61. The minimum absolute atomic E-state index is 0.597. The molecule has 0 heterocycles. The topological polar surface area (TPSA) is 24.1 Å². The van der Waals surface area contributed by atoms with Crippen molar-refractivity contribution in [1.29, 1.82) is 0 Å². The molecule has 0 aromatic carbocycles. The molecule has 20 heavy (non-hydrogen) atoms. The molecule has 0 radical (unpaired) electrons. The van der Waals surface area contributed by atoms with Gasteiger partial charge in [-0.2, -0.15) is 0 Å². The van der Waals surface area contributed by atoms with Crippen molar-refractivity contribution in [3.8, 4) is 0 Å². The average molecular weight is 278 g/mol. The van der Waals surface area contributed by atoms with E-state index in [4.69, 9.17) is 0 Å². The largest absolute Gasteiger partial charge is 0.318 e. The molecule has 0 spiro atoms. The van der Waals surface area contributed by atoms with Crippen molar-refractivity contribution >= 4 is 0 Å². The Bertz CT molecular complexity index is 346. The number of rotatable bonds is 6. The molecular weight excluding hydrogens is 244 g/mol. The zero-order chi connectivity index (χ0) is 14.4. The molecular formula is C18H34N2. The van der Waals surface area contributed by atoms with Gasteiger partial charge in [0.2, 0.25) is 0 Å². The van der Waals surface area contributed by atoms with E-state index in [2.05, 4.69) is 31.4 Å². The maximum Gasteiger partial charge on any atom is 0.0164 e. The summed E-state index contributed by atoms with van der Waals surface area (Å²) >= 11 is 0. The molecule has 3 unspecified atom stereocenters. The van der Waals surface area contributed by atoms with Gasteiger partial charge >= 0.3 is 0 Å². The van der Waals surface area contributed by atoms with E-state index >= 15 is 0 Å². The molecule has 4 aliphatic rings. The summed E-state index contributed by atoms with van der Waals surface area (Å²) < 4.78 is 0. The fourth-order valence-corrected chi connectivity index (χ4v) is 6.93. The second-order valence-corrected chi connectivity index (χ2v) is 9.29. The van der Waals surface area contributed by atoms with E-state index in [0.29, 0.717) is 22.3 Å². The van der Waals surface area contributed by atoms with Gasteiger partial charge in [0.05, 0.1) is 0 Å². The van der Waals surface area contributed by atoms with Crippen molar-refractivity contribution in [3.63, 3.8) is 0 Å². The van der Waals surface area contributed by atoms with Crippen LogP contribution in [0.5, 0.6) is 0 Å². The van der Waals surface area contributed by atoms with Crippen LogP contribution < -0.4 is 10.6 Å². The number of hydrogen-bond acceptors (Lipinski definition) is 2. The second-order valence-electron chi connectivity index (χ2n) is 9.29. The van der Waals surface area contributed by atoms with Crippen LogP contribution in [-0.4, -0.2) is 26.2 Å². The van der Waals surface area contributed by atoms with E-state index in [1.54, 1.807) is 0 Å². The van der Waals surface area contributed by atoms with Crippen LogP contribution in [0.15, 0.2) is 0 Å². The van der Waals surface area contributed by atoms with Crippen LogP contribution in [0.3, 0.4) is 0 Å². The molecule has 0 amide bonds. The summed E-state index contributed by atoms with van der Waals surface area (Å²) in [6.45, 7) is 9.74. The Kier molecular flexibility index (Phi) is 3.70. The molecule has 4 saturated carbocycles. The fourth-order valence-electron chi connectivity index (χ4n) is 6.93. The van der Waals surface area contributed by atoms with Crippen LogP contribution >= 0.6 is 0 Å². The van der Waals surface area contributed by atoms with E-state index in [1.807, 2.05) is 7.05 Å². The van der Waals surface area contributed by atoms with Crippen molar-refractivity contribution < 1.29 is 0 Å². The number of hydrogen-bond donors (Lipinski definition) is 2. The van der Waals surface area contributed by atoms with E-state index in [9.17, 15) is 0 Å². The monoisotopic (exact) mass is 278 g/mol. The van der Waals surface area contributed by atoms with Gasteiger partial charge in [-0.25, -0.2) is 0 Å². The molecule has 0 aromatic rings. The molecule has 4 rings (SSSR count). The zero-order valence-electron chi connectivity index (χ0n) is 14.0. The summed E-state index contributed by atoms with van der Waals surface area (Å²) in [6.07, 6.45) is 10.5. The third kappa shape index (κ3) is 2.78. The number of likely N-dealkylation sites (N-methyl/N-ethyl adjacent to an activating group) is 1. The second kappa shape index (κ2) is 4.98. The SMILES string of the molecule is CNCC(C)NCCC12CC3CC(C)(CC(C)(C3)C1)C2. The summed E-state index contributed by atoms with van der Waals surface area (Å²) in [5.41, 5.74) is 2.02. The van der Waals surface area contributed by atoms with Gasteiger partial charge in [-0.1, -0.05) is 13.8 Å². The first-order chi connectivity index (χ1) is 9.36. The average Bonchev–Trinajstić information content (AvgIpc) is 2.23. The lowest BCUT2D eigenvalue weighted by Crippen LogP contribution is -2.55. The van der Waals surface area contributed by atoms with Crippen molar-refractivity contribution in [2.24, 2.45) is 22.2 Å². The van der Waals surface area contributed by atoms with Crippen LogP contribution in [0.1, 0.15) is 65.7 Å². The quantitative estimate of drug-likeness (QED) is 0.776. The van der Waals surface area contributed by atoms with Gasteiger partial charge in [0.25, 0.3) is 0 Å². The Labute approximate surface area is 125 Å². The molecule has 116 valence electrons. The summed E-state index contributed by atoms with van der Waals surface area (Å²) in [4.78, 5) is 0. The van der Waals surface area contributed by atoms with Gasteiger partial charge in [-0.15, -0.1) is 0 Å². The first-order valence-corrected chi connectivity index (χ1v) is 8.74.